The van der Waals surface area contributed by atoms with E-state index >= 15 is 0 Å². The van der Waals surface area contributed by atoms with E-state index < -0.39 is 5.91 Å². The molecule has 1 amide bonds. The van der Waals surface area contributed by atoms with Crippen molar-refractivity contribution in [3.05, 3.63) is 75.9 Å². The van der Waals surface area contributed by atoms with Crippen LogP contribution in [-0.4, -0.2) is 58.5 Å². The second-order valence-corrected chi connectivity index (χ2v) is 10.4. The summed E-state index contributed by atoms with van der Waals surface area (Å²) < 4.78 is 8.17. The lowest BCUT2D eigenvalue weighted by Crippen LogP contribution is -2.43. The second-order valence-electron chi connectivity index (χ2n) is 8.94. The minimum absolute atomic E-state index is 0.348. The van der Waals surface area contributed by atoms with E-state index in [1.54, 1.807) is 6.33 Å². The average Bonchev–Trinajstić information content (AvgIpc) is 3.51. The van der Waals surface area contributed by atoms with Gasteiger partial charge in [0.2, 0.25) is 0 Å². The Bertz CT molecular complexity index is 1360. The van der Waals surface area contributed by atoms with Crippen molar-refractivity contribution in [3.8, 4) is 10.8 Å². The van der Waals surface area contributed by atoms with Crippen LogP contribution in [0.1, 0.15) is 47.7 Å². The summed E-state index contributed by atoms with van der Waals surface area (Å²) >= 11 is 7.64. The maximum atomic E-state index is 12.2. The molecule has 196 valence electrons. The summed E-state index contributed by atoms with van der Waals surface area (Å²) in [7, 11) is 2.16. The van der Waals surface area contributed by atoms with Gasteiger partial charge < -0.3 is 15.4 Å². The molecule has 0 aliphatic carbocycles. The van der Waals surface area contributed by atoms with Crippen LogP contribution in [0.15, 0.2) is 54.9 Å². The molecule has 37 heavy (non-hydrogen) atoms. The van der Waals surface area contributed by atoms with Crippen LogP contribution in [0.2, 0.25) is 5.02 Å². The standard InChI is InChI=1S/C26H28ClN5O2S.C2H6/c1-17(19-5-3-4-6-20(19)27)34-23-14-24(35-25(23)26(28)33)32-16-29-21-8-7-18(13-22(21)32)15-31-11-9-30(2)10-12-31;1-2/h3-8,13-14,16-17H,9-12,15H2,1-2H3,(H2,28,33);1-2H3. The van der Waals surface area contributed by atoms with Crippen LogP contribution in [-0.2, 0) is 6.54 Å². The number of primary amides is 1. The number of halogens is 1. The number of benzene rings is 2. The molecule has 3 heterocycles. The fraction of sp³-hybridized carbons (Fsp3) is 0.357. The summed E-state index contributed by atoms with van der Waals surface area (Å²) in [6.45, 7) is 11.1. The van der Waals surface area contributed by atoms with Gasteiger partial charge in [-0.3, -0.25) is 14.3 Å². The molecule has 5 rings (SSSR count). The Balaban J connectivity index is 0.00000156. The molecule has 2 aromatic heterocycles. The number of fused-ring (bicyclic) bond motifs is 1. The summed E-state index contributed by atoms with van der Waals surface area (Å²) in [6, 6.07) is 15.7. The lowest BCUT2D eigenvalue weighted by atomic mass is 10.1. The minimum Gasteiger partial charge on any atom is -0.484 e. The molecule has 0 radical (unpaired) electrons. The third kappa shape index (κ3) is 6.15. The zero-order valence-electron chi connectivity index (χ0n) is 21.8. The molecule has 7 nitrogen and oxygen atoms in total. The molecular weight excluding hydrogens is 506 g/mol. The van der Waals surface area contributed by atoms with Crippen LogP contribution < -0.4 is 10.5 Å². The number of carbonyl (C=O) groups excluding carboxylic acids is 1. The monoisotopic (exact) mass is 539 g/mol. The lowest BCUT2D eigenvalue weighted by molar-refractivity contribution is 0.0998. The van der Waals surface area contributed by atoms with Gasteiger partial charge in [0, 0.05) is 49.4 Å². The summed E-state index contributed by atoms with van der Waals surface area (Å²) in [6.07, 6.45) is 1.43. The summed E-state index contributed by atoms with van der Waals surface area (Å²) in [5.41, 5.74) is 9.67. The number of carbonyl (C=O) groups is 1. The highest BCUT2D eigenvalue weighted by Crippen LogP contribution is 2.37. The van der Waals surface area contributed by atoms with Crippen molar-refractivity contribution >= 4 is 39.9 Å². The van der Waals surface area contributed by atoms with Gasteiger partial charge in [-0.25, -0.2) is 4.98 Å². The number of hydrogen-bond donors (Lipinski definition) is 1. The van der Waals surface area contributed by atoms with Crippen molar-refractivity contribution in [3.63, 3.8) is 0 Å². The van der Waals surface area contributed by atoms with Crippen molar-refractivity contribution in [2.45, 2.75) is 33.4 Å². The van der Waals surface area contributed by atoms with Gasteiger partial charge in [-0.1, -0.05) is 49.7 Å². The molecule has 1 fully saturated rings. The fourth-order valence-corrected chi connectivity index (χ4v) is 5.61. The van der Waals surface area contributed by atoms with E-state index in [0.29, 0.717) is 15.6 Å². The first-order chi connectivity index (χ1) is 17.9. The molecule has 2 N–H and O–H groups in total. The molecule has 1 saturated heterocycles. The smallest absolute Gasteiger partial charge is 0.262 e. The van der Waals surface area contributed by atoms with Gasteiger partial charge in [0.1, 0.15) is 28.1 Å². The van der Waals surface area contributed by atoms with E-state index in [1.165, 1.54) is 16.9 Å². The molecule has 4 aromatic rings. The average molecular weight is 540 g/mol. The Hall–Kier alpha value is -2.91. The number of nitrogens with zero attached hydrogens (tertiary/aromatic N) is 4. The van der Waals surface area contributed by atoms with Crippen LogP contribution in [0.4, 0.5) is 0 Å². The number of aromatic nitrogens is 2. The number of nitrogens with two attached hydrogens (primary N) is 1. The number of thiophene rings is 1. The van der Waals surface area contributed by atoms with E-state index in [2.05, 4.69) is 40.0 Å². The molecule has 0 saturated carbocycles. The predicted molar refractivity (Wildman–Crippen MR) is 152 cm³/mol. The number of likely N-dealkylation sites (N-methyl/N-ethyl adjacent to an activating group) is 1. The maximum absolute atomic E-state index is 12.2. The Morgan fingerprint density at radius 1 is 1.14 bits per heavy atom. The van der Waals surface area contributed by atoms with Gasteiger partial charge in [-0.15, -0.1) is 11.3 Å². The lowest BCUT2D eigenvalue weighted by Gasteiger charge is -2.32. The predicted octanol–water partition coefficient (Wildman–Crippen LogP) is 5.75. The molecule has 1 atom stereocenters. The molecule has 9 heteroatoms. The highest BCUT2D eigenvalue weighted by atomic mass is 35.5. The van der Waals surface area contributed by atoms with Crippen LogP contribution in [0.25, 0.3) is 16.0 Å². The Labute approximate surface area is 227 Å². The van der Waals surface area contributed by atoms with E-state index in [4.69, 9.17) is 22.1 Å². The third-order valence-corrected chi connectivity index (χ3v) is 7.88. The highest BCUT2D eigenvalue weighted by molar-refractivity contribution is 7.16. The zero-order valence-corrected chi connectivity index (χ0v) is 23.4. The van der Waals surface area contributed by atoms with Crippen LogP contribution in [0.3, 0.4) is 0 Å². The number of imidazole rings is 1. The number of rotatable bonds is 7. The number of amides is 1. The number of piperazine rings is 1. The maximum Gasteiger partial charge on any atom is 0.262 e. The Kier molecular flexibility index (Phi) is 8.87. The molecule has 2 aromatic carbocycles. The Morgan fingerprint density at radius 3 is 2.57 bits per heavy atom. The van der Waals surface area contributed by atoms with Crippen LogP contribution >= 0.6 is 22.9 Å². The van der Waals surface area contributed by atoms with Crippen LogP contribution in [0.5, 0.6) is 5.75 Å². The molecule has 1 aliphatic rings. The van der Waals surface area contributed by atoms with Crippen molar-refractivity contribution in [1.82, 2.24) is 19.4 Å². The normalized spacial score (nSPS) is 15.3. The van der Waals surface area contributed by atoms with Crippen molar-refractivity contribution in [1.29, 1.82) is 0 Å². The molecule has 0 spiro atoms. The minimum atomic E-state index is -0.525. The SMILES string of the molecule is CC.CC(Oc1cc(-n2cnc3ccc(CN4CCN(C)CC4)cc32)sc1C(N)=O)c1ccccc1Cl. The van der Waals surface area contributed by atoms with Gasteiger partial charge >= 0.3 is 0 Å². The van der Waals surface area contributed by atoms with Gasteiger partial charge in [-0.2, -0.15) is 0 Å². The largest absolute Gasteiger partial charge is 0.484 e. The first-order valence-corrected chi connectivity index (χ1v) is 13.8. The van der Waals surface area contributed by atoms with E-state index in [9.17, 15) is 4.79 Å². The van der Waals surface area contributed by atoms with Gasteiger partial charge in [0.15, 0.2) is 0 Å². The van der Waals surface area contributed by atoms with Gasteiger partial charge in [0.05, 0.1) is 11.0 Å². The van der Waals surface area contributed by atoms with Crippen molar-refractivity contribution in [2.24, 2.45) is 5.73 Å². The molecule has 1 aliphatic heterocycles. The zero-order chi connectivity index (χ0) is 26.5. The highest BCUT2D eigenvalue weighted by Gasteiger charge is 2.21. The van der Waals surface area contributed by atoms with E-state index in [1.807, 2.05) is 55.7 Å². The van der Waals surface area contributed by atoms with Crippen molar-refractivity contribution < 1.29 is 9.53 Å². The number of hydrogen-bond acceptors (Lipinski definition) is 6. The first kappa shape index (κ1) is 27.1. The quantitative estimate of drug-likeness (QED) is 0.323. The second kappa shape index (κ2) is 12.1. The Morgan fingerprint density at radius 2 is 1.86 bits per heavy atom. The van der Waals surface area contributed by atoms with E-state index in [-0.39, 0.29) is 6.10 Å². The van der Waals surface area contributed by atoms with Gasteiger partial charge in [-0.05, 0) is 37.7 Å². The molecule has 1 unspecified atom stereocenters. The molecule has 0 bridgehead atoms. The van der Waals surface area contributed by atoms with Crippen molar-refractivity contribution in [2.75, 3.05) is 33.2 Å². The van der Waals surface area contributed by atoms with Gasteiger partial charge in [0.25, 0.3) is 5.91 Å². The fourth-order valence-electron chi connectivity index (χ4n) is 4.39. The summed E-state index contributed by atoms with van der Waals surface area (Å²) in [5, 5.41) is 1.43. The topological polar surface area (TPSA) is 76.6 Å². The molecular formula is C28H34ClN5O2S. The first-order valence-electron chi connectivity index (χ1n) is 12.6. The third-order valence-electron chi connectivity index (χ3n) is 6.41. The van der Waals surface area contributed by atoms with E-state index in [0.717, 1.165) is 54.3 Å². The number of ether oxygens (including phenoxy) is 1. The van der Waals surface area contributed by atoms with Crippen LogP contribution in [0, 0.1) is 0 Å². The summed E-state index contributed by atoms with van der Waals surface area (Å²) in [4.78, 5) is 22.0. The summed E-state index contributed by atoms with van der Waals surface area (Å²) in [5.74, 6) is -0.0804.